The van der Waals surface area contributed by atoms with Gasteiger partial charge in [-0.15, -0.1) is 11.3 Å². The van der Waals surface area contributed by atoms with E-state index < -0.39 is 0 Å². The van der Waals surface area contributed by atoms with Crippen molar-refractivity contribution in [2.75, 3.05) is 17.4 Å². The summed E-state index contributed by atoms with van der Waals surface area (Å²) in [6, 6.07) is 5.05. The fourth-order valence-electron chi connectivity index (χ4n) is 4.62. The van der Waals surface area contributed by atoms with Crippen molar-refractivity contribution in [3.05, 3.63) is 45.6 Å². The number of thiazole rings is 1. The van der Waals surface area contributed by atoms with E-state index in [2.05, 4.69) is 20.8 Å². The molecule has 2 amide bonds. The van der Waals surface area contributed by atoms with Gasteiger partial charge in [-0.05, 0) is 63.1 Å². The second-order valence-corrected chi connectivity index (χ2v) is 9.51. The first-order chi connectivity index (χ1) is 16.2. The van der Waals surface area contributed by atoms with Gasteiger partial charge >= 0.3 is 0 Å². The standard InChI is InChI=1S/C23H22N4O5S/c28-20(12-8-9-16-17(10-12)31-11-30-16)26-23-24-19-14(5-3-7-18(19)33-23)21(29)25-22-13-4-1-2-6-15(13)27-32-22/h8-10,14H,1-7,11H2,(H,25,29)(H,24,26,28). The maximum Gasteiger partial charge on any atom is 0.257 e. The lowest BCUT2D eigenvalue weighted by Crippen LogP contribution is -2.25. The number of aromatic nitrogens is 2. The van der Waals surface area contributed by atoms with Gasteiger partial charge in [-0.2, -0.15) is 0 Å². The van der Waals surface area contributed by atoms with E-state index in [0.717, 1.165) is 60.4 Å². The summed E-state index contributed by atoms with van der Waals surface area (Å²) in [5.41, 5.74) is 3.15. The molecule has 0 spiro atoms. The van der Waals surface area contributed by atoms with Crippen molar-refractivity contribution in [1.29, 1.82) is 0 Å². The molecule has 2 N–H and O–H groups in total. The van der Waals surface area contributed by atoms with Crippen LogP contribution in [0.5, 0.6) is 11.5 Å². The average Bonchev–Trinajstić information content (AvgIpc) is 3.56. The second kappa shape index (κ2) is 8.18. The molecule has 1 aliphatic heterocycles. The molecule has 0 saturated carbocycles. The summed E-state index contributed by atoms with van der Waals surface area (Å²) in [6.07, 6.45) is 6.36. The Morgan fingerprint density at radius 3 is 2.85 bits per heavy atom. The normalized spacial score (nSPS) is 18.4. The van der Waals surface area contributed by atoms with E-state index in [4.69, 9.17) is 14.0 Å². The molecule has 2 aliphatic carbocycles. The van der Waals surface area contributed by atoms with Crippen LogP contribution in [0.4, 0.5) is 11.0 Å². The van der Waals surface area contributed by atoms with Gasteiger partial charge in [0.15, 0.2) is 16.6 Å². The van der Waals surface area contributed by atoms with Gasteiger partial charge in [0.05, 0.1) is 17.3 Å². The van der Waals surface area contributed by atoms with Crippen molar-refractivity contribution in [1.82, 2.24) is 10.1 Å². The highest BCUT2D eigenvalue weighted by atomic mass is 32.1. The first-order valence-electron chi connectivity index (χ1n) is 11.1. The largest absolute Gasteiger partial charge is 0.454 e. The Kier molecular flexibility index (Phi) is 5.01. The minimum Gasteiger partial charge on any atom is -0.454 e. The monoisotopic (exact) mass is 466 g/mol. The molecule has 10 heteroatoms. The van der Waals surface area contributed by atoms with Crippen LogP contribution in [0.1, 0.15) is 63.8 Å². The number of hydrogen-bond acceptors (Lipinski definition) is 8. The third-order valence-electron chi connectivity index (χ3n) is 6.32. The van der Waals surface area contributed by atoms with E-state index in [1.54, 1.807) is 18.2 Å². The Labute approximate surface area is 193 Å². The second-order valence-electron chi connectivity index (χ2n) is 8.43. The number of carbonyl (C=O) groups is 2. The Hall–Kier alpha value is -3.40. The molecular weight excluding hydrogens is 444 g/mol. The molecule has 0 bridgehead atoms. The molecule has 1 atom stereocenters. The number of ether oxygens (including phenoxy) is 2. The molecule has 3 heterocycles. The van der Waals surface area contributed by atoms with Crippen LogP contribution in [0, 0.1) is 0 Å². The molecule has 1 aromatic carbocycles. The van der Waals surface area contributed by atoms with E-state index in [9.17, 15) is 9.59 Å². The van der Waals surface area contributed by atoms with Crippen LogP contribution in [0.2, 0.25) is 0 Å². The van der Waals surface area contributed by atoms with E-state index in [-0.39, 0.29) is 24.5 Å². The van der Waals surface area contributed by atoms with Gasteiger partial charge in [-0.3, -0.25) is 20.2 Å². The molecular formula is C23H22N4O5S. The predicted octanol–water partition coefficient (Wildman–Crippen LogP) is 4.05. The van der Waals surface area contributed by atoms with Crippen molar-refractivity contribution in [2.45, 2.75) is 50.9 Å². The fourth-order valence-corrected chi connectivity index (χ4v) is 5.68. The highest BCUT2D eigenvalue weighted by molar-refractivity contribution is 7.16. The van der Waals surface area contributed by atoms with Crippen LogP contribution in [0.15, 0.2) is 22.7 Å². The molecule has 1 unspecified atom stereocenters. The molecule has 6 rings (SSSR count). The number of fused-ring (bicyclic) bond motifs is 3. The number of aryl methyl sites for hydroxylation is 2. The molecule has 9 nitrogen and oxygen atoms in total. The Balaban J connectivity index is 1.19. The number of carbonyl (C=O) groups excluding carboxylic acids is 2. The van der Waals surface area contributed by atoms with E-state index in [1.165, 1.54) is 11.3 Å². The van der Waals surface area contributed by atoms with Gasteiger partial charge < -0.3 is 14.0 Å². The van der Waals surface area contributed by atoms with Gasteiger partial charge in [0.25, 0.3) is 5.91 Å². The lowest BCUT2D eigenvalue weighted by atomic mass is 9.90. The molecule has 0 fully saturated rings. The summed E-state index contributed by atoms with van der Waals surface area (Å²) < 4.78 is 16.1. The maximum atomic E-state index is 13.1. The van der Waals surface area contributed by atoms with Gasteiger partial charge in [0, 0.05) is 16.0 Å². The van der Waals surface area contributed by atoms with Crippen LogP contribution >= 0.6 is 11.3 Å². The predicted molar refractivity (Wildman–Crippen MR) is 120 cm³/mol. The Morgan fingerprint density at radius 1 is 1.03 bits per heavy atom. The zero-order chi connectivity index (χ0) is 22.4. The number of nitrogens with one attached hydrogen (secondary N) is 2. The maximum absolute atomic E-state index is 13.1. The number of benzene rings is 1. The fraction of sp³-hybridized carbons (Fsp3) is 0.391. The van der Waals surface area contributed by atoms with Crippen LogP contribution < -0.4 is 20.1 Å². The van der Waals surface area contributed by atoms with E-state index >= 15 is 0 Å². The van der Waals surface area contributed by atoms with Gasteiger partial charge in [0.2, 0.25) is 18.6 Å². The third kappa shape index (κ3) is 3.74. The lowest BCUT2D eigenvalue weighted by molar-refractivity contribution is -0.118. The first kappa shape index (κ1) is 20.2. The molecule has 33 heavy (non-hydrogen) atoms. The smallest absolute Gasteiger partial charge is 0.257 e. The Bertz CT molecular complexity index is 1250. The van der Waals surface area contributed by atoms with Crippen molar-refractivity contribution in [3.8, 4) is 11.5 Å². The highest BCUT2D eigenvalue weighted by Gasteiger charge is 2.32. The summed E-state index contributed by atoms with van der Waals surface area (Å²) in [6.45, 7) is 0.153. The molecule has 0 radical (unpaired) electrons. The zero-order valence-corrected chi connectivity index (χ0v) is 18.6. The topological polar surface area (TPSA) is 116 Å². The summed E-state index contributed by atoms with van der Waals surface area (Å²) in [5, 5.41) is 10.4. The molecule has 3 aliphatic rings. The molecule has 3 aromatic rings. The first-order valence-corrected chi connectivity index (χ1v) is 12.0. The van der Waals surface area contributed by atoms with Crippen LogP contribution in [0.3, 0.4) is 0 Å². The van der Waals surface area contributed by atoms with Crippen molar-refractivity contribution in [3.63, 3.8) is 0 Å². The SMILES string of the molecule is O=C(Nc1nc2c(s1)CCCC2C(=O)Nc1onc2c1CCCC2)c1ccc2c(c1)OCO2. The van der Waals surface area contributed by atoms with Crippen LogP contribution in [0.25, 0.3) is 0 Å². The number of nitrogens with zero attached hydrogens (tertiary/aromatic N) is 2. The summed E-state index contributed by atoms with van der Waals surface area (Å²) in [5.74, 6) is 0.831. The quantitative estimate of drug-likeness (QED) is 0.596. The summed E-state index contributed by atoms with van der Waals surface area (Å²) >= 11 is 1.42. The highest BCUT2D eigenvalue weighted by Crippen LogP contribution is 2.38. The Morgan fingerprint density at radius 2 is 1.91 bits per heavy atom. The van der Waals surface area contributed by atoms with Crippen molar-refractivity contribution in [2.24, 2.45) is 0 Å². The van der Waals surface area contributed by atoms with Crippen LogP contribution in [-0.4, -0.2) is 28.7 Å². The molecule has 170 valence electrons. The van der Waals surface area contributed by atoms with Crippen molar-refractivity contribution < 1.29 is 23.6 Å². The van der Waals surface area contributed by atoms with Gasteiger partial charge in [-0.1, -0.05) is 5.16 Å². The minimum absolute atomic E-state index is 0.139. The average molecular weight is 467 g/mol. The lowest BCUT2D eigenvalue weighted by Gasteiger charge is -2.20. The van der Waals surface area contributed by atoms with Crippen molar-refractivity contribution >= 4 is 34.2 Å². The minimum atomic E-state index is -0.384. The number of anilines is 2. The summed E-state index contributed by atoms with van der Waals surface area (Å²) in [4.78, 5) is 31.5. The van der Waals surface area contributed by atoms with Gasteiger partial charge in [0.1, 0.15) is 0 Å². The van der Waals surface area contributed by atoms with E-state index in [0.29, 0.717) is 34.5 Å². The van der Waals surface area contributed by atoms with Gasteiger partial charge in [-0.25, -0.2) is 4.98 Å². The third-order valence-corrected chi connectivity index (χ3v) is 7.37. The zero-order valence-electron chi connectivity index (χ0n) is 17.8. The van der Waals surface area contributed by atoms with Crippen LogP contribution in [-0.2, 0) is 24.1 Å². The number of rotatable bonds is 4. The summed E-state index contributed by atoms with van der Waals surface area (Å²) in [7, 11) is 0. The molecule has 2 aromatic heterocycles. The number of amides is 2. The number of hydrogen-bond donors (Lipinski definition) is 2. The molecule has 0 saturated heterocycles. The van der Waals surface area contributed by atoms with E-state index in [1.807, 2.05) is 0 Å².